The van der Waals surface area contributed by atoms with Crippen molar-refractivity contribution in [2.75, 3.05) is 6.54 Å². The van der Waals surface area contributed by atoms with Gasteiger partial charge in [0.05, 0.1) is 0 Å². The second-order valence-corrected chi connectivity index (χ2v) is 4.28. The minimum Gasteiger partial charge on any atom is -0.330 e. The largest absolute Gasteiger partial charge is 0.330 e. The molecule has 1 aliphatic carbocycles. The molecule has 80 valence electrons. The fourth-order valence-electron chi connectivity index (χ4n) is 1.97. The zero-order valence-corrected chi connectivity index (χ0v) is 9.15. The molecule has 1 nitrogen and oxygen atoms in total. The smallest absolute Gasteiger partial charge is 0.00425 e. The summed E-state index contributed by atoms with van der Waals surface area (Å²) in [6.07, 6.45) is 9.44. The van der Waals surface area contributed by atoms with Crippen molar-refractivity contribution in [2.24, 2.45) is 5.73 Å². The topological polar surface area (TPSA) is 26.0 Å². The molecule has 0 atom stereocenters. The van der Waals surface area contributed by atoms with Crippen LogP contribution in [-0.2, 0) is 0 Å². The van der Waals surface area contributed by atoms with E-state index < -0.39 is 0 Å². The number of nitrogens with two attached hydrogens (primary N) is 1. The average molecular weight is 201 g/mol. The highest BCUT2D eigenvalue weighted by molar-refractivity contribution is 5.50. The molecule has 1 aromatic carbocycles. The highest BCUT2D eigenvalue weighted by atomic mass is 14.5. The standard InChI is InChI=1S/C14H19N/c15-10-2-1-5-12-6-3-9-14(11-12)13-7-4-8-13/h1,3,5-6,9,11,13H,2,4,7-8,10,15H2/b5-1+. The SMILES string of the molecule is NCC/C=C/c1cccc(C2CCC2)c1. The lowest BCUT2D eigenvalue weighted by Crippen LogP contribution is -2.08. The number of hydrogen-bond donors (Lipinski definition) is 1. The van der Waals surface area contributed by atoms with E-state index in [0.29, 0.717) is 0 Å². The van der Waals surface area contributed by atoms with Crippen LogP contribution in [0.15, 0.2) is 30.3 Å². The molecule has 0 spiro atoms. The van der Waals surface area contributed by atoms with E-state index in [1.165, 1.54) is 30.4 Å². The van der Waals surface area contributed by atoms with E-state index >= 15 is 0 Å². The zero-order valence-electron chi connectivity index (χ0n) is 9.15. The maximum atomic E-state index is 5.45. The molecule has 0 heterocycles. The third-order valence-electron chi connectivity index (χ3n) is 3.13. The van der Waals surface area contributed by atoms with Crippen LogP contribution in [0.5, 0.6) is 0 Å². The lowest BCUT2D eigenvalue weighted by atomic mass is 9.80. The Hall–Kier alpha value is -1.08. The average Bonchev–Trinajstić information content (AvgIpc) is 2.16. The van der Waals surface area contributed by atoms with Gasteiger partial charge in [0, 0.05) is 0 Å². The highest BCUT2D eigenvalue weighted by Crippen LogP contribution is 2.36. The summed E-state index contributed by atoms with van der Waals surface area (Å²) in [5.41, 5.74) is 8.27. The molecule has 0 radical (unpaired) electrons. The Balaban J connectivity index is 2.04. The van der Waals surface area contributed by atoms with Gasteiger partial charge in [0.15, 0.2) is 0 Å². The maximum Gasteiger partial charge on any atom is -0.00425 e. The Labute approximate surface area is 92.0 Å². The van der Waals surface area contributed by atoms with Gasteiger partial charge in [0.1, 0.15) is 0 Å². The van der Waals surface area contributed by atoms with E-state index in [1.54, 1.807) is 0 Å². The second kappa shape index (κ2) is 5.13. The van der Waals surface area contributed by atoms with Crippen LogP contribution in [0.4, 0.5) is 0 Å². The maximum absolute atomic E-state index is 5.45. The van der Waals surface area contributed by atoms with E-state index in [-0.39, 0.29) is 0 Å². The summed E-state index contributed by atoms with van der Waals surface area (Å²) in [6.45, 7) is 0.735. The summed E-state index contributed by atoms with van der Waals surface area (Å²) in [5, 5.41) is 0. The third kappa shape index (κ3) is 2.69. The molecule has 1 saturated carbocycles. The van der Waals surface area contributed by atoms with Crippen molar-refractivity contribution in [1.82, 2.24) is 0 Å². The molecule has 1 aliphatic rings. The van der Waals surface area contributed by atoms with Crippen LogP contribution in [0.25, 0.3) is 6.08 Å². The Morgan fingerprint density at radius 1 is 1.33 bits per heavy atom. The van der Waals surface area contributed by atoms with Crippen LogP contribution in [0.2, 0.25) is 0 Å². The summed E-state index contributed by atoms with van der Waals surface area (Å²) in [4.78, 5) is 0. The Kier molecular flexibility index (Phi) is 3.57. The van der Waals surface area contributed by atoms with Crippen LogP contribution in [-0.4, -0.2) is 6.54 Å². The predicted octanol–water partition coefficient (Wildman–Crippen LogP) is 3.32. The molecule has 2 N–H and O–H groups in total. The minimum absolute atomic E-state index is 0.735. The van der Waals surface area contributed by atoms with E-state index in [1.807, 2.05) is 0 Å². The molecule has 0 aromatic heterocycles. The van der Waals surface area contributed by atoms with Gasteiger partial charge in [-0.05, 0) is 42.9 Å². The van der Waals surface area contributed by atoms with Crippen LogP contribution in [0, 0.1) is 0 Å². The minimum atomic E-state index is 0.735. The summed E-state index contributed by atoms with van der Waals surface area (Å²) in [5.74, 6) is 0.827. The summed E-state index contributed by atoms with van der Waals surface area (Å²) >= 11 is 0. The Morgan fingerprint density at radius 3 is 2.87 bits per heavy atom. The molecule has 0 unspecified atom stereocenters. The van der Waals surface area contributed by atoms with Gasteiger partial charge in [0.2, 0.25) is 0 Å². The summed E-state index contributed by atoms with van der Waals surface area (Å²) < 4.78 is 0. The molecule has 2 rings (SSSR count). The van der Waals surface area contributed by atoms with Gasteiger partial charge in [-0.2, -0.15) is 0 Å². The zero-order chi connectivity index (χ0) is 10.5. The van der Waals surface area contributed by atoms with Crippen molar-refractivity contribution in [3.63, 3.8) is 0 Å². The Bertz CT molecular complexity index is 337. The van der Waals surface area contributed by atoms with E-state index in [4.69, 9.17) is 5.73 Å². The van der Waals surface area contributed by atoms with Crippen LogP contribution >= 0.6 is 0 Å². The lowest BCUT2D eigenvalue weighted by molar-refractivity contribution is 0.420. The molecule has 15 heavy (non-hydrogen) atoms. The van der Waals surface area contributed by atoms with Crippen LogP contribution < -0.4 is 5.73 Å². The third-order valence-corrected chi connectivity index (χ3v) is 3.13. The van der Waals surface area contributed by atoms with Gasteiger partial charge >= 0.3 is 0 Å². The fraction of sp³-hybridized carbons (Fsp3) is 0.429. The molecule has 0 aliphatic heterocycles. The van der Waals surface area contributed by atoms with Gasteiger partial charge in [0.25, 0.3) is 0 Å². The van der Waals surface area contributed by atoms with Crippen LogP contribution in [0.3, 0.4) is 0 Å². The predicted molar refractivity (Wildman–Crippen MR) is 65.7 cm³/mol. The quantitative estimate of drug-likeness (QED) is 0.794. The monoisotopic (exact) mass is 201 g/mol. The van der Waals surface area contributed by atoms with Crippen LogP contribution in [0.1, 0.15) is 42.7 Å². The summed E-state index contributed by atoms with van der Waals surface area (Å²) in [7, 11) is 0. The highest BCUT2D eigenvalue weighted by Gasteiger charge is 2.18. The number of rotatable bonds is 4. The first kappa shape index (κ1) is 10.4. The van der Waals surface area contributed by atoms with Crippen molar-refractivity contribution >= 4 is 6.08 Å². The summed E-state index contributed by atoms with van der Waals surface area (Å²) in [6, 6.07) is 8.89. The first-order valence-electron chi connectivity index (χ1n) is 5.87. The normalized spacial score (nSPS) is 16.9. The number of hydrogen-bond acceptors (Lipinski definition) is 1. The number of benzene rings is 1. The molecular weight excluding hydrogens is 182 g/mol. The van der Waals surface area contributed by atoms with E-state index in [9.17, 15) is 0 Å². The van der Waals surface area contributed by atoms with Crippen molar-refractivity contribution < 1.29 is 0 Å². The van der Waals surface area contributed by atoms with Crippen molar-refractivity contribution in [3.8, 4) is 0 Å². The lowest BCUT2D eigenvalue weighted by Gasteiger charge is -2.25. The second-order valence-electron chi connectivity index (χ2n) is 4.28. The van der Waals surface area contributed by atoms with Gasteiger partial charge in [-0.1, -0.05) is 42.8 Å². The molecule has 1 aromatic rings. The first-order chi connectivity index (χ1) is 7.40. The molecule has 1 heteroatoms. The van der Waals surface area contributed by atoms with Gasteiger partial charge in [-0.25, -0.2) is 0 Å². The Morgan fingerprint density at radius 2 is 2.20 bits per heavy atom. The molecule has 0 amide bonds. The first-order valence-corrected chi connectivity index (χ1v) is 5.87. The van der Waals surface area contributed by atoms with Crippen molar-refractivity contribution in [1.29, 1.82) is 0 Å². The molecule has 0 bridgehead atoms. The van der Waals surface area contributed by atoms with Crippen molar-refractivity contribution in [3.05, 3.63) is 41.5 Å². The van der Waals surface area contributed by atoms with Gasteiger partial charge < -0.3 is 5.73 Å². The van der Waals surface area contributed by atoms with Crippen molar-refractivity contribution in [2.45, 2.75) is 31.6 Å². The van der Waals surface area contributed by atoms with E-state index in [0.717, 1.165) is 18.9 Å². The van der Waals surface area contributed by atoms with Gasteiger partial charge in [-0.15, -0.1) is 0 Å². The molecule has 1 fully saturated rings. The molecule has 0 saturated heterocycles. The van der Waals surface area contributed by atoms with E-state index in [2.05, 4.69) is 36.4 Å². The molecular formula is C14H19N. The van der Waals surface area contributed by atoms with Gasteiger partial charge in [-0.3, -0.25) is 0 Å². The fourth-order valence-corrected chi connectivity index (χ4v) is 1.97.